The minimum Gasteiger partial charge on any atom is -0.496 e. The number of methoxy groups -OCH3 is 2. The SMILES string of the molecule is COc1cc(-c2ccc(NC3(C(=O)O)CCOCC3)cc2CO[C@@H]2CCC3(CC3)C2)cc(OC)c1C. The van der Waals surface area contributed by atoms with Crippen LogP contribution >= 0.6 is 0 Å². The molecule has 2 aliphatic carbocycles. The minimum absolute atomic E-state index is 0.278. The van der Waals surface area contributed by atoms with E-state index in [1.807, 2.05) is 37.3 Å². The first-order valence-corrected chi connectivity index (χ1v) is 12.9. The molecule has 1 atom stereocenters. The molecule has 2 aromatic carbocycles. The third-order valence-corrected chi connectivity index (χ3v) is 8.40. The number of nitrogens with one attached hydrogen (secondary N) is 1. The highest BCUT2D eigenvalue weighted by Gasteiger charge is 2.48. The number of carboxylic acid groups (broad SMARTS) is 1. The second kappa shape index (κ2) is 9.94. The quantitative estimate of drug-likeness (QED) is 0.470. The predicted molar refractivity (Wildman–Crippen MR) is 138 cm³/mol. The van der Waals surface area contributed by atoms with Crippen LogP contribution < -0.4 is 14.8 Å². The van der Waals surface area contributed by atoms with Crippen LogP contribution in [-0.2, 0) is 20.9 Å². The Bertz CT molecular complexity index is 1090. The summed E-state index contributed by atoms with van der Waals surface area (Å²) in [6, 6.07) is 10.1. The van der Waals surface area contributed by atoms with E-state index in [2.05, 4.69) is 5.32 Å². The monoisotopic (exact) mass is 495 g/mol. The van der Waals surface area contributed by atoms with Gasteiger partial charge in [-0.3, -0.25) is 0 Å². The standard InChI is InChI=1S/C29H37NO6/c1-19-25(33-2)15-20(16-26(19)34-3)24-5-4-22(30-29(27(31)32)10-12-35-13-11-29)14-21(24)18-36-23-6-7-28(17-23)8-9-28/h4-5,14-16,23,30H,6-13,17-18H2,1-3H3,(H,31,32)/t23-/m1/s1. The second-order valence-electron chi connectivity index (χ2n) is 10.7. The third kappa shape index (κ3) is 4.91. The summed E-state index contributed by atoms with van der Waals surface area (Å²) in [6.45, 7) is 3.30. The van der Waals surface area contributed by atoms with Crippen molar-refractivity contribution in [2.75, 3.05) is 32.8 Å². The van der Waals surface area contributed by atoms with E-state index in [1.54, 1.807) is 14.2 Å². The zero-order valence-corrected chi connectivity index (χ0v) is 21.5. The number of rotatable bonds is 9. The number of carbonyl (C=O) groups is 1. The van der Waals surface area contributed by atoms with Gasteiger partial charge in [0.2, 0.25) is 0 Å². The lowest BCUT2D eigenvalue weighted by Crippen LogP contribution is -2.50. The molecule has 3 fully saturated rings. The topological polar surface area (TPSA) is 86.3 Å². The van der Waals surface area contributed by atoms with Gasteiger partial charge in [-0.25, -0.2) is 4.79 Å². The van der Waals surface area contributed by atoms with Crippen LogP contribution in [0.4, 0.5) is 5.69 Å². The fourth-order valence-corrected chi connectivity index (χ4v) is 5.84. The Labute approximate surface area is 213 Å². The minimum atomic E-state index is -1.03. The predicted octanol–water partition coefficient (Wildman–Crippen LogP) is 5.57. The molecule has 1 spiro atoms. The lowest BCUT2D eigenvalue weighted by molar-refractivity contribution is -0.145. The van der Waals surface area contributed by atoms with Crippen molar-refractivity contribution in [1.29, 1.82) is 0 Å². The van der Waals surface area contributed by atoms with Crippen molar-refractivity contribution in [3.05, 3.63) is 41.5 Å². The van der Waals surface area contributed by atoms with Gasteiger partial charge in [0.25, 0.3) is 0 Å². The average molecular weight is 496 g/mol. The first-order chi connectivity index (χ1) is 17.4. The molecular weight excluding hydrogens is 458 g/mol. The van der Waals surface area contributed by atoms with E-state index in [0.29, 0.717) is 38.1 Å². The summed E-state index contributed by atoms with van der Waals surface area (Å²) in [5.74, 6) is 0.676. The number of carboxylic acids is 1. The second-order valence-corrected chi connectivity index (χ2v) is 10.7. The van der Waals surface area contributed by atoms with Crippen molar-refractivity contribution in [2.45, 2.75) is 70.1 Å². The van der Waals surface area contributed by atoms with Gasteiger partial charge in [0.15, 0.2) is 0 Å². The molecule has 194 valence electrons. The molecule has 1 aliphatic heterocycles. The maximum absolute atomic E-state index is 12.2. The van der Waals surface area contributed by atoms with Crippen molar-refractivity contribution in [1.82, 2.24) is 0 Å². The largest absolute Gasteiger partial charge is 0.496 e. The first-order valence-electron chi connectivity index (χ1n) is 12.9. The van der Waals surface area contributed by atoms with Gasteiger partial charge in [0.1, 0.15) is 17.0 Å². The Morgan fingerprint density at radius 2 is 1.75 bits per heavy atom. The van der Waals surface area contributed by atoms with E-state index in [4.69, 9.17) is 18.9 Å². The molecular formula is C29H37NO6. The van der Waals surface area contributed by atoms with E-state index in [0.717, 1.165) is 52.3 Å². The Balaban J connectivity index is 1.47. The van der Waals surface area contributed by atoms with Gasteiger partial charge in [0, 0.05) is 37.3 Å². The van der Waals surface area contributed by atoms with Gasteiger partial charge in [0.05, 0.1) is 26.9 Å². The highest BCUT2D eigenvalue weighted by atomic mass is 16.5. The van der Waals surface area contributed by atoms with Crippen LogP contribution in [0.1, 0.15) is 56.1 Å². The molecule has 0 bridgehead atoms. The van der Waals surface area contributed by atoms with E-state index < -0.39 is 11.5 Å². The molecule has 2 N–H and O–H groups in total. The molecule has 2 saturated carbocycles. The fraction of sp³-hybridized carbons (Fsp3) is 0.552. The van der Waals surface area contributed by atoms with E-state index in [9.17, 15) is 9.90 Å². The summed E-state index contributed by atoms with van der Waals surface area (Å²) in [5.41, 5.74) is 4.25. The van der Waals surface area contributed by atoms with Crippen molar-refractivity contribution in [3.8, 4) is 22.6 Å². The Morgan fingerprint density at radius 1 is 1.06 bits per heavy atom. The number of benzene rings is 2. The van der Waals surface area contributed by atoms with Crippen molar-refractivity contribution in [3.63, 3.8) is 0 Å². The molecule has 0 amide bonds. The number of hydrogen-bond donors (Lipinski definition) is 2. The maximum atomic E-state index is 12.2. The highest BCUT2D eigenvalue weighted by molar-refractivity contribution is 5.83. The Hall–Kier alpha value is -2.77. The zero-order chi connectivity index (χ0) is 25.3. The van der Waals surface area contributed by atoms with Crippen LogP contribution in [-0.4, -0.2) is 50.2 Å². The van der Waals surface area contributed by atoms with Crippen LogP contribution in [0.25, 0.3) is 11.1 Å². The van der Waals surface area contributed by atoms with Crippen LogP contribution in [0.5, 0.6) is 11.5 Å². The fourth-order valence-electron chi connectivity index (χ4n) is 5.84. The van der Waals surface area contributed by atoms with Gasteiger partial charge < -0.3 is 29.4 Å². The van der Waals surface area contributed by atoms with Gasteiger partial charge in [-0.15, -0.1) is 0 Å². The molecule has 3 aliphatic rings. The van der Waals surface area contributed by atoms with Crippen LogP contribution in [0.2, 0.25) is 0 Å². The smallest absolute Gasteiger partial charge is 0.329 e. The zero-order valence-electron chi connectivity index (χ0n) is 21.5. The van der Waals surface area contributed by atoms with Crippen LogP contribution in [0.15, 0.2) is 30.3 Å². The summed E-state index contributed by atoms with van der Waals surface area (Å²) in [5, 5.41) is 13.4. The molecule has 0 unspecified atom stereocenters. The van der Waals surface area contributed by atoms with Gasteiger partial charge in [-0.1, -0.05) is 6.07 Å². The summed E-state index contributed by atoms with van der Waals surface area (Å²) in [4.78, 5) is 12.2. The molecule has 36 heavy (non-hydrogen) atoms. The molecule has 2 aromatic rings. The summed E-state index contributed by atoms with van der Waals surface area (Å²) in [6.07, 6.45) is 7.32. The normalized spacial score (nSPS) is 21.8. The van der Waals surface area contributed by atoms with Gasteiger partial charge >= 0.3 is 5.97 Å². The third-order valence-electron chi connectivity index (χ3n) is 8.40. The lowest BCUT2D eigenvalue weighted by Gasteiger charge is -2.35. The summed E-state index contributed by atoms with van der Waals surface area (Å²) < 4.78 is 23.1. The Morgan fingerprint density at radius 3 is 2.33 bits per heavy atom. The summed E-state index contributed by atoms with van der Waals surface area (Å²) >= 11 is 0. The molecule has 1 heterocycles. The van der Waals surface area contributed by atoms with Crippen molar-refractivity contribution in [2.24, 2.45) is 5.41 Å². The summed E-state index contributed by atoms with van der Waals surface area (Å²) in [7, 11) is 3.32. The Kier molecular flexibility index (Phi) is 6.88. The molecule has 5 rings (SSSR count). The lowest BCUT2D eigenvalue weighted by atomic mass is 9.89. The molecule has 7 nitrogen and oxygen atoms in total. The number of anilines is 1. The molecule has 0 aromatic heterocycles. The molecule has 7 heteroatoms. The number of hydrogen-bond acceptors (Lipinski definition) is 6. The van der Waals surface area contributed by atoms with E-state index >= 15 is 0 Å². The highest BCUT2D eigenvalue weighted by Crippen LogP contribution is 2.58. The molecule has 1 saturated heterocycles. The average Bonchev–Trinajstić information content (AvgIpc) is 3.53. The van der Waals surface area contributed by atoms with Gasteiger partial charge in [-0.05, 0) is 85.4 Å². The van der Waals surface area contributed by atoms with Crippen molar-refractivity contribution < 1.29 is 28.8 Å². The number of ether oxygens (including phenoxy) is 4. The van der Waals surface area contributed by atoms with Crippen LogP contribution in [0, 0.1) is 12.3 Å². The van der Waals surface area contributed by atoms with Crippen molar-refractivity contribution >= 4 is 11.7 Å². The maximum Gasteiger partial charge on any atom is 0.329 e. The van der Waals surface area contributed by atoms with Gasteiger partial charge in [-0.2, -0.15) is 0 Å². The van der Waals surface area contributed by atoms with E-state index in [-0.39, 0.29) is 6.10 Å². The number of aliphatic carboxylic acids is 1. The van der Waals surface area contributed by atoms with E-state index in [1.165, 1.54) is 19.3 Å². The first kappa shape index (κ1) is 24.9. The van der Waals surface area contributed by atoms with Crippen LogP contribution in [0.3, 0.4) is 0 Å². The molecule has 0 radical (unpaired) electrons.